The van der Waals surface area contributed by atoms with Crippen molar-refractivity contribution in [3.05, 3.63) is 22.8 Å². The molecule has 0 aliphatic carbocycles. The molecule has 0 aromatic carbocycles. The van der Waals surface area contributed by atoms with Crippen LogP contribution in [0.5, 0.6) is 0 Å². The van der Waals surface area contributed by atoms with Crippen LogP contribution in [0.25, 0.3) is 0 Å². The van der Waals surface area contributed by atoms with Gasteiger partial charge in [0.1, 0.15) is 0 Å². The summed E-state index contributed by atoms with van der Waals surface area (Å²) in [5.41, 5.74) is 0. The Kier molecular flexibility index (Phi) is 4.89. The smallest absolute Gasteiger partial charge is 0.242 e. The van der Waals surface area contributed by atoms with Gasteiger partial charge in [-0.25, -0.2) is 18.1 Å². The number of nitrogens with one attached hydrogen (secondary N) is 1. The lowest BCUT2D eigenvalue weighted by Gasteiger charge is -2.14. The largest absolute Gasteiger partial charge is 0.258 e. The highest BCUT2D eigenvalue weighted by Crippen LogP contribution is 2.12. The molecule has 0 atom stereocenters. The quantitative estimate of drug-likeness (QED) is 0.908. The van der Waals surface area contributed by atoms with Gasteiger partial charge in [-0.3, -0.25) is 0 Å². The summed E-state index contributed by atoms with van der Waals surface area (Å²) in [5.74, 6) is 0. The Morgan fingerprint density at radius 3 is 2.44 bits per heavy atom. The fraction of sp³-hybridized carbons (Fsp3) is 0.500. The molecule has 0 amide bonds. The molecule has 1 rings (SSSR count). The predicted molar refractivity (Wildman–Crippen MR) is 66.6 cm³/mol. The number of sulfonamides is 1. The van der Waals surface area contributed by atoms with Gasteiger partial charge in [0.05, 0.1) is 0 Å². The van der Waals surface area contributed by atoms with E-state index in [9.17, 15) is 8.42 Å². The number of aromatic nitrogens is 1. The van der Waals surface area contributed by atoms with Crippen LogP contribution in [0.4, 0.5) is 0 Å². The van der Waals surface area contributed by atoms with E-state index in [1.165, 1.54) is 12.3 Å². The average Bonchev–Trinajstić information content (AvgIpc) is 2.26. The van der Waals surface area contributed by atoms with Crippen molar-refractivity contribution in [2.45, 2.75) is 37.8 Å². The molecule has 0 spiro atoms. The minimum absolute atomic E-state index is 0.0320. The monoisotopic (exact) mass is 306 g/mol. The van der Waals surface area contributed by atoms with E-state index in [4.69, 9.17) is 0 Å². The number of halogens is 1. The number of pyridine rings is 1. The molecule has 1 N–H and O–H groups in total. The predicted octanol–water partition coefficient (Wildman–Crippen LogP) is 2.31. The molecule has 0 saturated carbocycles. The number of hydrogen-bond donors (Lipinski definition) is 1. The second-order valence-corrected chi connectivity index (χ2v) is 6.03. The normalized spacial score (nSPS) is 12.0. The molecular formula is C10H15BrN2O2S. The number of nitrogens with zero attached hydrogens (tertiary/aromatic N) is 1. The summed E-state index contributed by atoms with van der Waals surface area (Å²) in [7, 11) is -3.48. The lowest BCUT2D eigenvalue weighted by Crippen LogP contribution is -2.34. The minimum atomic E-state index is -3.48. The molecule has 1 heterocycles. The SMILES string of the molecule is CCC(CC)NS(=O)(=O)c1ccc(Br)cn1. The Hall–Kier alpha value is -0.460. The summed E-state index contributed by atoms with van der Waals surface area (Å²) in [6.45, 7) is 3.90. The highest BCUT2D eigenvalue weighted by molar-refractivity contribution is 9.10. The van der Waals surface area contributed by atoms with Crippen LogP contribution in [0.2, 0.25) is 0 Å². The van der Waals surface area contributed by atoms with Gasteiger partial charge in [0, 0.05) is 16.7 Å². The first-order valence-corrected chi connectivity index (χ1v) is 7.41. The van der Waals surface area contributed by atoms with E-state index < -0.39 is 10.0 Å². The standard InChI is InChI=1S/C10H15BrN2O2S/c1-3-9(4-2)13-16(14,15)10-6-5-8(11)7-12-10/h5-7,9,13H,3-4H2,1-2H3. The van der Waals surface area contributed by atoms with E-state index in [0.717, 1.165) is 17.3 Å². The van der Waals surface area contributed by atoms with Crippen molar-refractivity contribution in [3.8, 4) is 0 Å². The molecule has 4 nitrogen and oxygen atoms in total. The van der Waals surface area contributed by atoms with E-state index >= 15 is 0 Å². The zero-order valence-corrected chi connectivity index (χ0v) is 11.7. The molecular weight excluding hydrogens is 292 g/mol. The second-order valence-electron chi connectivity index (χ2n) is 3.45. The summed E-state index contributed by atoms with van der Waals surface area (Å²) in [4.78, 5) is 3.87. The van der Waals surface area contributed by atoms with Gasteiger partial charge < -0.3 is 0 Å². The maximum absolute atomic E-state index is 11.9. The highest BCUT2D eigenvalue weighted by Gasteiger charge is 2.18. The van der Waals surface area contributed by atoms with Gasteiger partial charge >= 0.3 is 0 Å². The molecule has 0 bridgehead atoms. The van der Waals surface area contributed by atoms with E-state index in [1.807, 2.05) is 13.8 Å². The van der Waals surface area contributed by atoms with Crippen LogP contribution in [-0.4, -0.2) is 19.4 Å². The zero-order valence-electron chi connectivity index (χ0n) is 9.27. The van der Waals surface area contributed by atoms with E-state index in [2.05, 4.69) is 25.6 Å². The molecule has 16 heavy (non-hydrogen) atoms. The highest BCUT2D eigenvalue weighted by atomic mass is 79.9. The maximum atomic E-state index is 11.9. The topological polar surface area (TPSA) is 59.1 Å². The lowest BCUT2D eigenvalue weighted by molar-refractivity contribution is 0.527. The Morgan fingerprint density at radius 1 is 1.38 bits per heavy atom. The van der Waals surface area contributed by atoms with Crippen LogP contribution >= 0.6 is 15.9 Å². The molecule has 0 radical (unpaired) electrons. The van der Waals surface area contributed by atoms with Crippen LogP contribution in [0.1, 0.15) is 26.7 Å². The third-order valence-electron chi connectivity index (χ3n) is 2.28. The Balaban J connectivity index is 2.89. The fourth-order valence-corrected chi connectivity index (χ4v) is 2.82. The summed E-state index contributed by atoms with van der Waals surface area (Å²) in [5, 5.41) is 0.0580. The molecule has 0 unspecified atom stereocenters. The van der Waals surface area contributed by atoms with Gasteiger partial charge in [-0.1, -0.05) is 13.8 Å². The van der Waals surface area contributed by atoms with Crippen LogP contribution in [0.3, 0.4) is 0 Å². The van der Waals surface area contributed by atoms with Crippen molar-refractivity contribution in [1.82, 2.24) is 9.71 Å². The first-order chi connectivity index (χ1) is 7.49. The fourth-order valence-electron chi connectivity index (χ4n) is 1.26. The van der Waals surface area contributed by atoms with Gasteiger partial charge in [0.25, 0.3) is 10.0 Å². The molecule has 1 aromatic rings. The third-order valence-corrected chi connectivity index (χ3v) is 4.19. The van der Waals surface area contributed by atoms with Gasteiger partial charge in [-0.15, -0.1) is 0 Å². The molecule has 0 aliphatic rings. The van der Waals surface area contributed by atoms with Crippen LogP contribution in [-0.2, 0) is 10.0 Å². The molecule has 0 aliphatic heterocycles. The minimum Gasteiger partial charge on any atom is -0.242 e. The van der Waals surface area contributed by atoms with E-state index in [1.54, 1.807) is 6.07 Å². The first kappa shape index (κ1) is 13.6. The van der Waals surface area contributed by atoms with Gasteiger partial charge in [-0.05, 0) is 40.9 Å². The zero-order chi connectivity index (χ0) is 12.2. The average molecular weight is 307 g/mol. The van der Waals surface area contributed by atoms with E-state index in [0.29, 0.717) is 0 Å². The second kappa shape index (κ2) is 5.75. The van der Waals surface area contributed by atoms with Crippen molar-refractivity contribution in [2.24, 2.45) is 0 Å². The Bertz CT molecular complexity index is 427. The van der Waals surface area contributed by atoms with Gasteiger partial charge in [-0.2, -0.15) is 0 Å². The van der Waals surface area contributed by atoms with Crippen molar-refractivity contribution >= 4 is 26.0 Å². The van der Waals surface area contributed by atoms with Crippen LogP contribution in [0, 0.1) is 0 Å². The molecule has 0 fully saturated rings. The van der Waals surface area contributed by atoms with Crippen molar-refractivity contribution < 1.29 is 8.42 Å². The first-order valence-electron chi connectivity index (χ1n) is 5.13. The molecule has 6 heteroatoms. The number of hydrogen-bond acceptors (Lipinski definition) is 3. The van der Waals surface area contributed by atoms with Crippen molar-refractivity contribution in [1.29, 1.82) is 0 Å². The third kappa shape index (κ3) is 3.54. The van der Waals surface area contributed by atoms with Crippen molar-refractivity contribution in [3.63, 3.8) is 0 Å². The molecule has 90 valence electrons. The maximum Gasteiger partial charge on any atom is 0.258 e. The van der Waals surface area contributed by atoms with Crippen molar-refractivity contribution in [2.75, 3.05) is 0 Å². The summed E-state index contributed by atoms with van der Waals surface area (Å²) >= 11 is 3.21. The van der Waals surface area contributed by atoms with E-state index in [-0.39, 0.29) is 11.1 Å². The Morgan fingerprint density at radius 2 is 2.00 bits per heavy atom. The summed E-state index contributed by atoms with van der Waals surface area (Å²) in [6.07, 6.45) is 3.01. The summed E-state index contributed by atoms with van der Waals surface area (Å²) < 4.78 is 27.1. The van der Waals surface area contributed by atoms with Crippen LogP contribution in [0.15, 0.2) is 27.8 Å². The van der Waals surface area contributed by atoms with Gasteiger partial charge in [0.15, 0.2) is 5.03 Å². The lowest BCUT2D eigenvalue weighted by atomic mass is 10.2. The van der Waals surface area contributed by atoms with Crippen LogP contribution < -0.4 is 4.72 Å². The number of rotatable bonds is 5. The Labute approximate surface area is 105 Å². The molecule has 0 saturated heterocycles. The summed E-state index contributed by atoms with van der Waals surface area (Å²) in [6, 6.07) is 3.11. The van der Waals surface area contributed by atoms with Gasteiger partial charge in [0.2, 0.25) is 0 Å². The molecule has 1 aromatic heterocycles.